The van der Waals surface area contributed by atoms with Crippen molar-refractivity contribution in [3.63, 3.8) is 0 Å². The normalized spacial score (nSPS) is 10.1. The largest absolute Gasteiger partial charge is 0.396 e. The molecule has 0 aliphatic heterocycles. The van der Waals surface area contributed by atoms with Gasteiger partial charge in [-0.1, -0.05) is 20.8 Å². The molecule has 0 rings (SSSR count). The first kappa shape index (κ1) is 11.3. The SMILES string of the molecule is CC(C)(C)CO.[SiH3]Cl. The lowest BCUT2D eigenvalue weighted by molar-refractivity contribution is 0.177. The van der Waals surface area contributed by atoms with Crippen molar-refractivity contribution in [2.75, 3.05) is 6.61 Å². The van der Waals surface area contributed by atoms with Crippen molar-refractivity contribution < 1.29 is 5.11 Å². The number of rotatable bonds is 0. The third kappa shape index (κ3) is 16.1. The van der Waals surface area contributed by atoms with E-state index in [2.05, 4.69) is 0 Å². The van der Waals surface area contributed by atoms with Crippen LogP contribution in [0.5, 0.6) is 0 Å². The first-order valence-corrected chi connectivity index (χ1v) is 5.57. The van der Waals surface area contributed by atoms with E-state index in [1.54, 1.807) is 0 Å². The van der Waals surface area contributed by atoms with Gasteiger partial charge in [-0.05, 0) is 5.41 Å². The van der Waals surface area contributed by atoms with E-state index in [1.807, 2.05) is 20.8 Å². The molecule has 0 spiro atoms. The van der Waals surface area contributed by atoms with Crippen LogP contribution in [0.3, 0.4) is 0 Å². The molecule has 0 saturated heterocycles. The van der Waals surface area contributed by atoms with Crippen molar-refractivity contribution in [3.8, 4) is 0 Å². The highest BCUT2D eigenvalue weighted by Crippen LogP contribution is 2.09. The topological polar surface area (TPSA) is 20.2 Å². The van der Waals surface area contributed by atoms with Crippen LogP contribution in [0, 0.1) is 5.41 Å². The Morgan fingerprint density at radius 2 is 1.50 bits per heavy atom. The fourth-order valence-electron chi connectivity index (χ4n) is 0. The highest BCUT2D eigenvalue weighted by Gasteiger charge is 2.05. The van der Waals surface area contributed by atoms with E-state index < -0.39 is 0 Å². The van der Waals surface area contributed by atoms with Crippen LogP contribution in [-0.4, -0.2) is 21.3 Å². The van der Waals surface area contributed by atoms with Gasteiger partial charge in [-0.2, -0.15) is 11.1 Å². The molecule has 0 aliphatic rings. The molecule has 0 aromatic rings. The zero-order valence-electron chi connectivity index (χ0n) is 6.03. The molecular formula is C5H15ClOSi. The summed E-state index contributed by atoms with van der Waals surface area (Å²) in [5.74, 6) is 0. The van der Waals surface area contributed by atoms with Crippen molar-refractivity contribution >= 4 is 20.6 Å². The molecule has 0 amide bonds. The molecule has 1 N–H and O–H groups in total. The van der Waals surface area contributed by atoms with Crippen LogP contribution in [0.25, 0.3) is 0 Å². The smallest absolute Gasteiger partial charge is 0.109 e. The first-order chi connectivity index (χ1) is 3.56. The Morgan fingerprint density at radius 1 is 1.38 bits per heavy atom. The van der Waals surface area contributed by atoms with Crippen molar-refractivity contribution in [3.05, 3.63) is 0 Å². The zero-order chi connectivity index (χ0) is 7.21. The standard InChI is InChI=1S/C5H12O.ClH3Si/c1-5(2,3)4-6;1-2/h6H,4H2,1-3H3;2H3. The first-order valence-electron chi connectivity index (χ1n) is 2.55. The van der Waals surface area contributed by atoms with Crippen LogP contribution >= 0.6 is 11.1 Å². The van der Waals surface area contributed by atoms with Gasteiger partial charge in [-0.15, -0.1) is 0 Å². The van der Waals surface area contributed by atoms with E-state index >= 15 is 0 Å². The van der Waals surface area contributed by atoms with Crippen molar-refractivity contribution in [2.45, 2.75) is 20.8 Å². The lowest BCUT2D eigenvalue weighted by atomic mass is 9.99. The summed E-state index contributed by atoms with van der Waals surface area (Å²) in [4.78, 5) is 0. The zero-order valence-corrected chi connectivity index (χ0v) is 8.79. The molecule has 0 unspecified atom stereocenters. The fraction of sp³-hybridized carbons (Fsp3) is 1.00. The summed E-state index contributed by atoms with van der Waals surface area (Å²) in [6.07, 6.45) is 0. The quantitative estimate of drug-likeness (QED) is 0.399. The summed E-state index contributed by atoms with van der Waals surface area (Å²) in [7, 11) is 0.778. The molecule has 0 saturated carbocycles. The van der Waals surface area contributed by atoms with Crippen LogP contribution in [0.2, 0.25) is 0 Å². The van der Waals surface area contributed by atoms with E-state index in [1.165, 1.54) is 0 Å². The highest BCUT2D eigenvalue weighted by molar-refractivity contribution is 6.80. The van der Waals surface area contributed by atoms with Gasteiger partial charge in [0.25, 0.3) is 0 Å². The van der Waals surface area contributed by atoms with Crippen LogP contribution in [-0.2, 0) is 0 Å². The van der Waals surface area contributed by atoms with Crippen molar-refractivity contribution in [2.24, 2.45) is 5.41 Å². The highest BCUT2D eigenvalue weighted by atomic mass is 35.6. The maximum atomic E-state index is 8.40. The van der Waals surface area contributed by atoms with Gasteiger partial charge in [0.1, 0.15) is 9.55 Å². The molecule has 0 fully saturated rings. The summed E-state index contributed by atoms with van der Waals surface area (Å²) >= 11 is 4.78. The minimum atomic E-state index is 0.0972. The van der Waals surface area contributed by atoms with Crippen LogP contribution in [0.15, 0.2) is 0 Å². The second-order valence-electron chi connectivity index (χ2n) is 2.72. The van der Waals surface area contributed by atoms with Gasteiger partial charge in [-0.3, -0.25) is 0 Å². The van der Waals surface area contributed by atoms with E-state index in [4.69, 9.17) is 16.2 Å². The van der Waals surface area contributed by atoms with E-state index in [9.17, 15) is 0 Å². The van der Waals surface area contributed by atoms with Gasteiger partial charge in [0.2, 0.25) is 0 Å². The number of halogens is 1. The molecule has 0 aliphatic carbocycles. The summed E-state index contributed by atoms with van der Waals surface area (Å²) in [5.41, 5.74) is 0.0972. The Morgan fingerprint density at radius 3 is 1.50 bits per heavy atom. The maximum Gasteiger partial charge on any atom is 0.109 e. The second-order valence-corrected chi connectivity index (χ2v) is 2.72. The van der Waals surface area contributed by atoms with Crippen molar-refractivity contribution in [1.82, 2.24) is 0 Å². The Hall–Kier alpha value is 0.467. The van der Waals surface area contributed by atoms with Crippen LogP contribution < -0.4 is 0 Å². The summed E-state index contributed by atoms with van der Waals surface area (Å²) in [5, 5.41) is 8.40. The van der Waals surface area contributed by atoms with E-state index in [-0.39, 0.29) is 12.0 Å². The van der Waals surface area contributed by atoms with Crippen LogP contribution in [0.1, 0.15) is 20.8 Å². The van der Waals surface area contributed by atoms with Gasteiger partial charge >= 0.3 is 0 Å². The monoisotopic (exact) mass is 154 g/mol. The summed E-state index contributed by atoms with van der Waals surface area (Å²) in [6.45, 7) is 6.25. The fourth-order valence-corrected chi connectivity index (χ4v) is 0. The number of hydrogen-bond donors (Lipinski definition) is 1. The Labute approximate surface area is 59.2 Å². The molecular weight excluding hydrogens is 140 g/mol. The Bertz CT molecular complexity index is 42.2. The molecule has 3 heteroatoms. The molecule has 0 bridgehead atoms. The van der Waals surface area contributed by atoms with Crippen LogP contribution in [0.4, 0.5) is 0 Å². The molecule has 0 heterocycles. The molecule has 0 aromatic heterocycles. The maximum absolute atomic E-state index is 8.40. The summed E-state index contributed by atoms with van der Waals surface area (Å²) in [6, 6.07) is 0. The van der Waals surface area contributed by atoms with Crippen molar-refractivity contribution in [1.29, 1.82) is 0 Å². The van der Waals surface area contributed by atoms with Gasteiger partial charge in [-0.25, -0.2) is 0 Å². The minimum absolute atomic E-state index is 0.0972. The molecule has 52 valence electrons. The lowest BCUT2D eigenvalue weighted by Crippen LogP contribution is -2.09. The minimum Gasteiger partial charge on any atom is -0.396 e. The Kier molecular flexibility index (Phi) is 7.90. The lowest BCUT2D eigenvalue weighted by Gasteiger charge is -2.11. The third-order valence-electron chi connectivity index (χ3n) is 0.474. The number of aliphatic hydroxyl groups is 1. The van der Waals surface area contributed by atoms with E-state index in [0.29, 0.717) is 0 Å². The number of aliphatic hydroxyl groups excluding tert-OH is 1. The third-order valence-corrected chi connectivity index (χ3v) is 0.474. The predicted octanol–water partition coefficient (Wildman–Crippen LogP) is 0.530. The van der Waals surface area contributed by atoms with Gasteiger partial charge < -0.3 is 5.11 Å². The predicted molar refractivity (Wildman–Crippen MR) is 42.3 cm³/mol. The van der Waals surface area contributed by atoms with Gasteiger partial charge in [0.05, 0.1) is 0 Å². The molecule has 0 radical (unpaired) electrons. The molecule has 1 nitrogen and oxygen atoms in total. The Balaban J connectivity index is 0. The molecule has 8 heavy (non-hydrogen) atoms. The average molecular weight is 155 g/mol. The van der Waals surface area contributed by atoms with Gasteiger partial charge in [0.15, 0.2) is 0 Å². The second kappa shape index (κ2) is 5.60. The molecule has 0 atom stereocenters. The van der Waals surface area contributed by atoms with E-state index in [0.717, 1.165) is 9.55 Å². The molecule has 0 aromatic carbocycles. The average Bonchev–Trinajstić information content (AvgIpc) is 1.71. The summed E-state index contributed by atoms with van der Waals surface area (Å²) < 4.78 is 0. The van der Waals surface area contributed by atoms with Gasteiger partial charge in [0, 0.05) is 6.61 Å². The number of hydrogen-bond acceptors (Lipinski definition) is 1.